The predicted octanol–water partition coefficient (Wildman–Crippen LogP) is 1.43. The van der Waals surface area contributed by atoms with Crippen LogP contribution in [0.25, 0.3) is 0 Å². The van der Waals surface area contributed by atoms with Crippen molar-refractivity contribution in [1.29, 1.82) is 5.41 Å². The zero-order valence-electron chi connectivity index (χ0n) is 9.14. The van der Waals surface area contributed by atoms with E-state index in [1.807, 2.05) is 13.8 Å². The summed E-state index contributed by atoms with van der Waals surface area (Å²) >= 11 is 0. The van der Waals surface area contributed by atoms with Crippen molar-refractivity contribution in [1.82, 2.24) is 0 Å². The van der Waals surface area contributed by atoms with E-state index in [4.69, 9.17) is 27.3 Å². The van der Waals surface area contributed by atoms with Crippen LogP contribution in [0.1, 0.15) is 18.1 Å². The van der Waals surface area contributed by atoms with Crippen LogP contribution in [-0.4, -0.2) is 5.90 Å². The third-order valence-electron chi connectivity index (χ3n) is 2.39. The van der Waals surface area contributed by atoms with Crippen LogP contribution in [-0.2, 0) is 0 Å². The molecule has 0 radical (unpaired) electrons. The second kappa shape index (κ2) is 3.68. The first-order valence-corrected chi connectivity index (χ1v) is 4.52. The van der Waals surface area contributed by atoms with Crippen molar-refractivity contribution in [2.75, 3.05) is 17.2 Å². The van der Waals surface area contributed by atoms with Crippen molar-refractivity contribution in [3.8, 4) is 5.75 Å². The van der Waals surface area contributed by atoms with Gasteiger partial charge in [-0.1, -0.05) is 0 Å². The molecule has 1 rings (SSSR count). The van der Waals surface area contributed by atoms with E-state index in [0.29, 0.717) is 22.8 Å². The summed E-state index contributed by atoms with van der Waals surface area (Å²) in [6, 6.07) is 0. The van der Waals surface area contributed by atoms with Gasteiger partial charge in [-0.3, -0.25) is 5.41 Å². The molecule has 0 aliphatic carbocycles. The summed E-state index contributed by atoms with van der Waals surface area (Å²) in [5.41, 5.74) is 20.0. The molecule has 0 saturated carbocycles. The third kappa shape index (κ3) is 1.81. The highest BCUT2D eigenvalue weighted by molar-refractivity contribution is 5.88. The molecule has 0 heterocycles. The van der Waals surface area contributed by atoms with Gasteiger partial charge in [0.25, 0.3) is 0 Å². The highest BCUT2D eigenvalue weighted by atomic mass is 16.5. The first-order valence-electron chi connectivity index (χ1n) is 4.52. The van der Waals surface area contributed by atoms with Gasteiger partial charge in [0, 0.05) is 6.92 Å². The Kier molecular flexibility index (Phi) is 2.74. The van der Waals surface area contributed by atoms with Gasteiger partial charge >= 0.3 is 0 Å². The highest BCUT2D eigenvalue weighted by Gasteiger charge is 2.15. The summed E-state index contributed by atoms with van der Waals surface area (Å²) in [7, 11) is 0. The van der Waals surface area contributed by atoms with Crippen LogP contribution in [0.2, 0.25) is 0 Å². The molecule has 15 heavy (non-hydrogen) atoms. The summed E-state index contributed by atoms with van der Waals surface area (Å²) in [6.07, 6.45) is 0. The number of hydrogen-bond acceptors (Lipinski definition) is 5. The predicted molar refractivity (Wildman–Crippen MR) is 63.2 cm³/mol. The van der Waals surface area contributed by atoms with Crippen molar-refractivity contribution in [3.05, 3.63) is 11.1 Å². The maximum Gasteiger partial charge on any atom is 0.184 e. The van der Waals surface area contributed by atoms with E-state index in [2.05, 4.69) is 0 Å². The van der Waals surface area contributed by atoms with Gasteiger partial charge in [0.05, 0.1) is 11.4 Å². The molecular weight excluding hydrogens is 192 g/mol. The molecule has 0 aliphatic rings. The molecule has 0 aliphatic heterocycles. The van der Waals surface area contributed by atoms with Crippen LogP contribution < -0.4 is 21.9 Å². The molecule has 0 aromatic heterocycles. The van der Waals surface area contributed by atoms with Gasteiger partial charge in [-0.05, 0) is 25.0 Å². The van der Waals surface area contributed by atoms with Crippen LogP contribution in [0.15, 0.2) is 0 Å². The van der Waals surface area contributed by atoms with Crippen molar-refractivity contribution in [2.45, 2.75) is 20.8 Å². The number of nitrogens with one attached hydrogen (secondary N) is 1. The van der Waals surface area contributed by atoms with E-state index >= 15 is 0 Å². The maximum absolute atomic E-state index is 7.27. The lowest BCUT2D eigenvalue weighted by Gasteiger charge is -2.16. The zero-order chi connectivity index (χ0) is 11.7. The van der Waals surface area contributed by atoms with E-state index in [9.17, 15) is 0 Å². The summed E-state index contributed by atoms with van der Waals surface area (Å²) in [5.74, 6) is 0.486. The van der Waals surface area contributed by atoms with Gasteiger partial charge in [-0.2, -0.15) is 0 Å². The molecule has 82 valence electrons. The Morgan fingerprint density at radius 2 is 1.53 bits per heavy atom. The van der Waals surface area contributed by atoms with Crippen LogP contribution in [0.4, 0.5) is 17.1 Å². The first kappa shape index (κ1) is 11.2. The minimum atomic E-state index is 0.0633. The summed E-state index contributed by atoms with van der Waals surface area (Å²) in [5, 5.41) is 7.27. The first-order chi connectivity index (χ1) is 6.86. The SMILES string of the molecule is CC(=N)Oc1c(C)c(C)c(N)c(N)c1N. The third-order valence-corrected chi connectivity index (χ3v) is 2.39. The highest BCUT2D eigenvalue weighted by Crippen LogP contribution is 2.39. The van der Waals surface area contributed by atoms with E-state index in [0.717, 1.165) is 11.1 Å². The molecule has 7 N–H and O–H groups in total. The van der Waals surface area contributed by atoms with Gasteiger partial charge in [-0.25, -0.2) is 0 Å². The molecule has 0 unspecified atom stereocenters. The van der Waals surface area contributed by atoms with Crippen LogP contribution in [0.5, 0.6) is 5.75 Å². The summed E-state index contributed by atoms with van der Waals surface area (Å²) in [4.78, 5) is 0. The lowest BCUT2D eigenvalue weighted by atomic mass is 10.0. The van der Waals surface area contributed by atoms with Crippen LogP contribution in [0, 0.1) is 19.3 Å². The number of nitrogen functional groups attached to an aromatic ring is 3. The molecule has 1 aromatic carbocycles. The minimum absolute atomic E-state index is 0.0633. The van der Waals surface area contributed by atoms with Gasteiger partial charge in [0.15, 0.2) is 11.6 Å². The largest absolute Gasteiger partial charge is 0.441 e. The summed E-state index contributed by atoms with van der Waals surface area (Å²) in [6.45, 7) is 5.20. The van der Waals surface area contributed by atoms with E-state index in [-0.39, 0.29) is 5.90 Å². The monoisotopic (exact) mass is 208 g/mol. The Balaban J connectivity index is 3.45. The lowest BCUT2D eigenvalue weighted by molar-refractivity contribution is 0.539. The molecule has 0 fully saturated rings. The number of ether oxygens (including phenoxy) is 1. The average Bonchev–Trinajstić information content (AvgIpc) is 2.18. The maximum atomic E-state index is 7.27. The van der Waals surface area contributed by atoms with Gasteiger partial charge in [-0.15, -0.1) is 0 Å². The van der Waals surface area contributed by atoms with Gasteiger partial charge < -0.3 is 21.9 Å². The van der Waals surface area contributed by atoms with Crippen molar-refractivity contribution < 1.29 is 4.74 Å². The minimum Gasteiger partial charge on any atom is -0.441 e. The van der Waals surface area contributed by atoms with Crippen molar-refractivity contribution >= 4 is 23.0 Å². The number of nitrogens with two attached hydrogens (primary N) is 3. The van der Waals surface area contributed by atoms with E-state index < -0.39 is 0 Å². The Hall–Kier alpha value is -1.91. The summed E-state index contributed by atoms with van der Waals surface area (Å²) < 4.78 is 5.22. The Morgan fingerprint density at radius 3 is 2.00 bits per heavy atom. The molecule has 0 bridgehead atoms. The lowest BCUT2D eigenvalue weighted by Crippen LogP contribution is -2.10. The second-order valence-corrected chi connectivity index (χ2v) is 3.48. The quantitative estimate of drug-likeness (QED) is 0.317. The molecule has 0 saturated heterocycles. The zero-order valence-corrected chi connectivity index (χ0v) is 9.14. The normalized spacial score (nSPS) is 10.1. The Bertz CT molecular complexity index is 397. The molecule has 5 heteroatoms. The molecule has 0 spiro atoms. The average molecular weight is 208 g/mol. The number of hydrogen-bond donors (Lipinski definition) is 4. The standard InChI is InChI=1S/C10H16N4O/c1-4-5(2)10(15-6(3)11)9(14)8(13)7(4)12/h11H,12-14H2,1-3H3. The van der Waals surface area contributed by atoms with Crippen molar-refractivity contribution in [2.24, 2.45) is 0 Å². The van der Waals surface area contributed by atoms with Gasteiger partial charge in [0.1, 0.15) is 5.69 Å². The Morgan fingerprint density at radius 1 is 1.00 bits per heavy atom. The number of benzene rings is 1. The fourth-order valence-electron chi connectivity index (χ4n) is 1.33. The fourth-order valence-corrected chi connectivity index (χ4v) is 1.33. The molecule has 0 atom stereocenters. The second-order valence-electron chi connectivity index (χ2n) is 3.48. The number of rotatable bonds is 1. The van der Waals surface area contributed by atoms with E-state index in [1.54, 1.807) is 0 Å². The van der Waals surface area contributed by atoms with E-state index in [1.165, 1.54) is 6.92 Å². The molecule has 5 nitrogen and oxygen atoms in total. The van der Waals surface area contributed by atoms with Crippen LogP contribution in [0.3, 0.4) is 0 Å². The Labute approximate surface area is 88.7 Å². The fraction of sp³-hybridized carbons (Fsp3) is 0.300. The van der Waals surface area contributed by atoms with Gasteiger partial charge in [0.2, 0.25) is 0 Å². The molecule has 1 aromatic rings. The molecular formula is C10H16N4O. The molecule has 0 amide bonds. The van der Waals surface area contributed by atoms with Crippen molar-refractivity contribution in [3.63, 3.8) is 0 Å². The van der Waals surface area contributed by atoms with Crippen LogP contribution >= 0.6 is 0 Å². The topological polar surface area (TPSA) is 111 Å². The smallest absolute Gasteiger partial charge is 0.184 e. The number of anilines is 3.